The summed E-state index contributed by atoms with van der Waals surface area (Å²) < 4.78 is 2.40. The van der Waals surface area contributed by atoms with Crippen LogP contribution in [0, 0.1) is 11.3 Å². The molecule has 1 N–H and O–H groups in total. The highest BCUT2D eigenvalue weighted by Crippen LogP contribution is 2.18. The Bertz CT molecular complexity index is 992. The molecule has 3 rings (SSSR count). The lowest BCUT2D eigenvalue weighted by Gasteiger charge is -2.12. The number of carboxylic acids is 1. The molecule has 1 aromatic heterocycles. The van der Waals surface area contributed by atoms with E-state index in [1.165, 1.54) is 22.8 Å². The quantitative estimate of drug-likeness (QED) is 0.874. The van der Waals surface area contributed by atoms with Gasteiger partial charge in [-0.3, -0.25) is 4.79 Å². The molecule has 0 spiro atoms. The molecular formula is C16H13N3O4. The minimum atomic E-state index is -1.28. The number of hydrogen-bond acceptors (Lipinski definition) is 4. The number of nitrogens with zero attached hydrogens (tertiary/aromatic N) is 3. The van der Waals surface area contributed by atoms with Crippen LogP contribution in [0.25, 0.3) is 5.69 Å². The number of aromatic nitrogens is 2. The molecule has 0 unspecified atom stereocenters. The smallest absolute Gasteiger partial charge is 0.337 e. The van der Waals surface area contributed by atoms with Crippen LogP contribution in [-0.2, 0) is 19.9 Å². The van der Waals surface area contributed by atoms with Gasteiger partial charge in [0.05, 0.1) is 16.8 Å². The fraction of sp³-hybridized carbons (Fsp3) is 0.250. The molecule has 7 nitrogen and oxygen atoms in total. The van der Waals surface area contributed by atoms with Crippen molar-refractivity contribution in [3.05, 3.63) is 61.4 Å². The molecule has 23 heavy (non-hydrogen) atoms. The number of hydrogen-bond donors (Lipinski definition) is 1. The maximum absolute atomic E-state index is 12.6. The molecule has 0 fully saturated rings. The third kappa shape index (κ3) is 2.16. The average Bonchev–Trinajstić information content (AvgIpc) is 3.03. The number of carbonyl (C=O) groups is 1. The van der Waals surface area contributed by atoms with Gasteiger partial charge < -0.3 is 9.67 Å². The van der Waals surface area contributed by atoms with Crippen molar-refractivity contribution in [3.63, 3.8) is 0 Å². The van der Waals surface area contributed by atoms with Gasteiger partial charge in [0.2, 0.25) is 0 Å². The summed E-state index contributed by atoms with van der Waals surface area (Å²) in [5.74, 6) is -1.28. The average molecular weight is 311 g/mol. The molecule has 1 aliphatic rings. The van der Waals surface area contributed by atoms with Crippen LogP contribution in [0.3, 0.4) is 0 Å². The molecule has 2 aromatic rings. The molecule has 7 heteroatoms. The van der Waals surface area contributed by atoms with E-state index in [-0.39, 0.29) is 16.8 Å². The van der Waals surface area contributed by atoms with E-state index in [0.29, 0.717) is 18.4 Å². The van der Waals surface area contributed by atoms with Gasteiger partial charge in [-0.05, 0) is 37.5 Å². The topological polar surface area (TPSA) is 105 Å². The second-order valence-corrected chi connectivity index (χ2v) is 5.41. The highest BCUT2D eigenvalue weighted by atomic mass is 16.4. The third-order valence-corrected chi connectivity index (χ3v) is 4.15. The molecular weight excluding hydrogens is 298 g/mol. The zero-order valence-electron chi connectivity index (χ0n) is 12.4. The van der Waals surface area contributed by atoms with E-state index in [1.807, 2.05) is 0 Å². The first kappa shape index (κ1) is 14.8. The largest absolute Gasteiger partial charge is 0.478 e. The summed E-state index contributed by atoms with van der Waals surface area (Å²) in [6, 6.07) is 5.69. The van der Waals surface area contributed by atoms with Crippen molar-refractivity contribution in [1.82, 2.24) is 9.13 Å². The Morgan fingerprint density at radius 3 is 2.70 bits per heavy atom. The van der Waals surface area contributed by atoms with Crippen molar-refractivity contribution >= 4 is 5.97 Å². The maximum atomic E-state index is 12.6. The zero-order chi connectivity index (χ0) is 16.7. The van der Waals surface area contributed by atoms with Gasteiger partial charge >= 0.3 is 11.7 Å². The van der Waals surface area contributed by atoms with Crippen LogP contribution in [0.2, 0.25) is 0 Å². The van der Waals surface area contributed by atoms with Crippen molar-refractivity contribution in [2.24, 2.45) is 7.05 Å². The fourth-order valence-electron chi connectivity index (χ4n) is 2.99. The first-order valence-electron chi connectivity index (χ1n) is 7.07. The summed E-state index contributed by atoms with van der Waals surface area (Å²) in [5, 5.41) is 18.2. The van der Waals surface area contributed by atoms with Crippen LogP contribution < -0.4 is 11.2 Å². The third-order valence-electron chi connectivity index (χ3n) is 4.15. The van der Waals surface area contributed by atoms with Crippen molar-refractivity contribution in [1.29, 1.82) is 5.26 Å². The van der Waals surface area contributed by atoms with Crippen LogP contribution in [0.15, 0.2) is 27.8 Å². The van der Waals surface area contributed by atoms with E-state index in [9.17, 15) is 19.5 Å². The molecule has 0 saturated heterocycles. The van der Waals surface area contributed by atoms with E-state index in [1.54, 1.807) is 13.1 Å². The summed E-state index contributed by atoms with van der Waals surface area (Å²) >= 11 is 0. The second-order valence-electron chi connectivity index (χ2n) is 5.41. The lowest BCUT2D eigenvalue weighted by atomic mass is 10.1. The van der Waals surface area contributed by atoms with Crippen molar-refractivity contribution in [3.8, 4) is 11.8 Å². The van der Waals surface area contributed by atoms with E-state index < -0.39 is 17.2 Å². The zero-order valence-corrected chi connectivity index (χ0v) is 12.4. The van der Waals surface area contributed by atoms with E-state index >= 15 is 0 Å². The molecule has 1 heterocycles. The molecule has 1 aliphatic carbocycles. The van der Waals surface area contributed by atoms with Gasteiger partial charge in [0.1, 0.15) is 6.07 Å². The minimum absolute atomic E-state index is 0.0210. The van der Waals surface area contributed by atoms with Gasteiger partial charge in [-0.2, -0.15) is 5.26 Å². The predicted octanol–water partition coefficient (Wildman–Crippen LogP) is 0.595. The Labute approximate surface area is 130 Å². The van der Waals surface area contributed by atoms with Crippen molar-refractivity contribution < 1.29 is 9.90 Å². The van der Waals surface area contributed by atoms with Crippen LogP contribution >= 0.6 is 0 Å². The molecule has 0 aliphatic heterocycles. The number of fused-ring (bicyclic) bond motifs is 1. The van der Waals surface area contributed by atoms with Gasteiger partial charge in [-0.15, -0.1) is 0 Å². The van der Waals surface area contributed by atoms with Gasteiger partial charge in [0, 0.05) is 18.3 Å². The first-order chi connectivity index (χ1) is 11.0. The van der Waals surface area contributed by atoms with Crippen molar-refractivity contribution in [2.45, 2.75) is 19.3 Å². The van der Waals surface area contributed by atoms with Gasteiger partial charge in [-0.1, -0.05) is 0 Å². The monoisotopic (exact) mass is 311 g/mol. The lowest BCUT2D eigenvalue weighted by Crippen LogP contribution is -2.40. The molecule has 0 bridgehead atoms. The molecule has 0 amide bonds. The standard InChI is InChI=1S/C16H13N3O4/c1-18-13-4-2-3-11(13)14(20)19(16(18)23)10-6-5-9(8-17)12(7-10)15(21)22/h5-7H,2-4H2,1H3,(H,21,22). The Kier molecular flexibility index (Phi) is 3.37. The van der Waals surface area contributed by atoms with Crippen molar-refractivity contribution in [2.75, 3.05) is 0 Å². The van der Waals surface area contributed by atoms with E-state index in [0.717, 1.165) is 16.7 Å². The number of carboxylic acid groups (broad SMARTS) is 1. The second kappa shape index (κ2) is 5.25. The molecule has 1 aromatic carbocycles. The predicted molar refractivity (Wildman–Crippen MR) is 81.0 cm³/mol. The van der Waals surface area contributed by atoms with Gasteiger partial charge in [0.25, 0.3) is 5.56 Å². The number of rotatable bonds is 2. The van der Waals surface area contributed by atoms with Crippen LogP contribution in [-0.4, -0.2) is 20.2 Å². The summed E-state index contributed by atoms with van der Waals surface area (Å²) in [6.45, 7) is 0. The SMILES string of the molecule is Cn1c2c(c(=O)n(-c3ccc(C#N)c(C(=O)O)c3)c1=O)CCC2. The van der Waals surface area contributed by atoms with Gasteiger partial charge in [-0.25, -0.2) is 14.2 Å². The Balaban J connectivity index is 2.34. The number of nitriles is 1. The van der Waals surface area contributed by atoms with Crippen LogP contribution in [0.1, 0.15) is 33.6 Å². The normalized spacial score (nSPS) is 12.7. The summed E-state index contributed by atoms with van der Waals surface area (Å²) in [5.41, 5.74) is 0.295. The highest BCUT2D eigenvalue weighted by molar-refractivity contribution is 5.91. The maximum Gasteiger partial charge on any atom is 0.337 e. The number of benzene rings is 1. The Morgan fingerprint density at radius 2 is 2.04 bits per heavy atom. The number of aromatic carboxylic acids is 1. The molecule has 0 radical (unpaired) electrons. The van der Waals surface area contributed by atoms with Gasteiger partial charge in [0.15, 0.2) is 0 Å². The molecule has 116 valence electrons. The fourth-order valence-corrected chi connectivity index (χ4v) is 2.99. The van der Waals surface area contributed by atoms with Crippen LogP contribution in [0.5, 0.6) is 0 Å². The van der Waals surface area contributed by atoms with E-state index in [2.05, 4.69) is 0 Å². The Hall–Kier alpha value is -3.14. The molecule has 0 atom stereocenters. The Morgan fingerprint density at radius 1 is 1.30 bits per heavy atom. The van der Waals surface area contributed by atoms with Crippen LogP contribution in [0.4, 0.5) is 0 Å². The molecule has 0 saturated carbocycles. The highest BCUT2D eigenvalue weighted by Gasteiger charge is 2.22. The lowest BCUT2D eigenvalue weighted by molar-refractivity contribution is 0.0696. The first-order valence-corrected chi connectivity index (χ1v) is 7.07. The minimum Gasteiger partial charge on any atom is -0.478 e. The summed E-state index contributed by atoms with van der Waals surface area (Å²) in [6.07, 6.45) is 2.10. The summed E-state index contributed by atoms with van der Waals surface area (Å²) in [4.78, 5) is 36.4. The van der Waals surface area contributed by atoms with E-state index in [4.69, 9.17) is 5.26 Å². The summed E-state index contributed by atoms with van der Waals surface area (Å²) in [7, 11) is 1.60.